The van der Waals surface area contributed by atoms with Crippen molar-refractivity contribution in [2.24, 2.45) is 7.05 Å². The molecule has 3 heterocycles. The number of amides is 1. The summed E-state index contributed by atoms with van der Waals surface area (Å²) in [5.41, 5.74) is 3.20. The van der Waals surface area contributed by atoms with Crippen molar-refractivity contribution in [2.45, 2.75) is 6.92 Å². The number of fused-ring (bicyclic) bond motifs is 1. The maximum Gasteiger partial charge on any atom is 0.266 e. The molecule has 3 aromatic heterocycles. The number of imidazole rings is 1. The Morgan fingerprint density at radius 3 is 2.76 bits per heavy atom. The van der Waals surface area contributed by atoms with Crippen molar-refractivity contribution < 1.29 is 4.79 Å². The zero-order valence-electron chi connectivity index (χ0n) is 13.9. The van der Waals surface area contributed by atoms with Crippen LogP contribution in [0.1, 0.15) is 15.2 Å². The van der Waals surface area contributed by atoms with Crippen LogP contribution in [0.25, 0.3) is 22.0 Å². The Bertz CT molecular complexity index is 1080. The molecule has 0 saturated carbocycles. The van der Waals surface area contributed by atoms with E-state index in [4.69, 9.17) is 0 Å². The van der Waals surface area contributed by atoms with Crippen molar-refractivity contribution in [3.8, 4) is 11.3 Å². The standard InChI is InChI=1S/C19H16N4OS/c1-12-5-17(25-10-12)19(24)22-18-7-15-6-13(3-4-14(15)8-21-18)16-9-20-11-23(16)2/h3-11H,1-2H3,(H,21,22,24). The second kappa shape index (κ2) is 6.14. The fourth-order valence-corrected chi connectivity index (χ4v) is 3.53. The number of aryl methyl sites for hydroxylation is 2. The smallest absolute Gasteiger partial charge is 0.266 e. The van der Waals surface area contributed by atoms with E-state index in [2.05, 4.69) is 21.4 Å². The Morgan fingerprint density at radius 1 is 1.16 bits per heavy atom. The van der Waals surface area contributed by atoms with E-state index in [-0.39, 0.29) is 5.91 Å². The fraction of sp³-hybridized carbons (Fsp3) is 0.105. The number of anilines is 1. The summed E-state index contributed by atoms with van der Waals surface area (Å²) >= 11 is 1.43. The lowest BCUT2D eigenvalue weighted by Crippen LogP contribution is -2.11. The molecule has 4 rings (SSSR count). The van der Waals surface area contributed by atoms with Crippen molar-refractivity contribution >= 4 is 33.8 Å². The van der Waals surface area contributed by atoms with Gasteiger partial charge in [-0.2, -0.15) is 0 Å². The number of pyridine rings is 1. The highest BCUT2D eigenvalue weighted by molar-refractivity contribution is 7.12. The molecule has 1 amide bonds. The van der Waals surface area contributed by atoms with Gasteiger partial charge in [-0.1, -0.05) is 12.1 Å². The average molecular weight is 348 g/mol. The molecule has 1 aromatic carbocycles. The van der Waals surface area contributed by atoms with Crippen LogP contribution >= 0.6 is 11.3 Å². The number of nitrogens with one attached hydrogen (secondary N) is 1. The molecule has 25 heavy (non-hydrogen) atoms. The third kappa shape index (κ3) is 3.04. The molecule has 0 radical (unpaired) electrons. The van der Waals surface area contributed by atoms with Gasteiger partial charge in [0, 0.05) is 24.2 Å². The summed E-state index contributed by atoms with van der Waals surface area (Å²) in [6, 6.07) is 9.93. The van der Waals surface area contributed by atoms with Crippen LogP contribution in [0.15, 0.2) is 54.4 Å². The first-order valence-corrected chi connectivity index (χ1v) is 8.71. The minimum atomic E-state index is -0.132. The molecule has 0 fully saturated rings. The van der Waals surface area contributed by atoms with Crippen LogP contribution in [0, 0.1) is 6.92 Å². The molecule has 4 aromatic rings. The highest BCUT2D eigenvalue weighted by Crippen LogP contribution is 2.25. The summed E-state index contributed by atoms with van der Waals surface area (Å²) < 4.78 is 1.98. The van der Waals surface area contributed by atoms with Gasteiger partial charge in [0.05, 0.1) is 23.1 Å². The molecule has 0 aliphatic carbocycles. The van der Waals surface area contributed by atoms with Crippen LogP contribution in [0.4, 0.5) is 5.82 Å². The third-order valence-corrected chi connectivity index (χ3v) is 5.08. The quantitative estimate of drug-likeness (QED) is 0.602. The lowest BCUT2D eigenvalue weighted by atomic mass is 10.1. The average Bonchev–Trinajstić information content (AvgIpc) is 3.22. The van der Waals surface area contributed by atoms with Crippen molar-refractivity contribution in [3.63, 3.8) is 0 Å². The highest BCUT2D eigenvalue weighted by Gasteiger charge is 2.10. The van der Waals surface area contributed by atoms with E-state index in [0.717, 1.165) is 27.6 Å². The van der Waals surface area contributed by atoms with Crippen LogP contribution < -0.4 is 5.32 Å². The normalized spacial score (nSPS) is 11.0. The van der Waals surface area contributed by atoms with Crippen molar-refractivity contribution in [2.75, 3.05) is 5.32 Å². The molecule has 0 bridgehead atoms. The predicted molar refractivity (Wildman–Crippen MR) is 101 cm³/mol. The molecule has 5 nitrogen and oxygen atoms in total. The largest absolute Gasteiger partial charge is 0.334 e. The number of thiophene rings is 1. The summed E-state index contributed by atoms with van der Waals surface area (Å²) in [5, 5.41) is 6.88. The lowest BCUT2D eigenvalue weighted by molar-refractivity contribution is 0.103. The SMILES string of the molecule is Cc1csc(C(=O)Nc2cc3cc(-c4cncn4C)ccc3cn2)c1. The van der Waals surface area contributed by atoms with Gasteiger partial charge in [0.1, 0.15) is 5.82 Å². The fourth-order valence-electron chi connectivity index (χ4n) is 2.73. The number of benzene rings is 1. The van der Waals surface area contributed by atoms with Gasteiger partial charge in [-0.05, 0) is 41.5 Å². The molecule has 0 saturated heterocycles. The number of carbonyl (C=O) groups is 1. The molecule has 6 heteroatoms. The molecular formula is C19H16N4OS. The minimum Gasteiger partial charge on any atom is -0.334 e. The predicted octanol–water partition coefficient (Wildman–Crippen LogP) is 4.26. The first-order valence-electron chi connectivity index (χ1n) is 7.83. The van der Waals surface area contributed by atoms with Gasteiger partial charge in [0.2, 0.25) is 0 Å². The monoisotopic (exact) mass is 348 g/mol. The van der Waals surface area contributed by atoms with Crippen LogP contribution in [-0.2, 0) is 7.05 Å². The van der Waals surface area contributed by atoms with E-state index in [1.165, 1.54) is 11.3 Å². The topological polar surface area (TPSA) is 59.8 Å². The van der Waals surface area contributed by atoms with E-state index < -0.39 is 0 Å². The van der Waals surface area contributed by atoms with Gasteiger partial charge < -0.3 is 9.88 Å². The molecule has 0 aliphatic heterocycles. The Hall–Kier alpha value is -2.99. The Kier molecular flexibility index (Phi) is 3.82. The van der Waals surface area contributed by atoms with Gasteiger partial charge in [0.15, 0.2) is 0 Å². The van der Waals surface area contributed by atoms with Crippen LogP contribution in [0.5, 0.6) is 0 Å². The molecule has 124 valence electrons. The van der Waals surface area contributed by atoms with E-state index in [0.29, 0.717) is 10.7 Å². The van der Waals surface area contributed by atoms with Crippen molar-refractivity contribution in [1.82, 2.24) is 14.5 Å². The number of aromatic nitrogens is 3. The Labute approximate surface area is 149 Å². The first-order chi connectivity index (χ1) is 12.1. The number of carbonyl (C=O) groups excluding carboxylic acids is 1. The lowest BCUT2D eigenvalue weighted by Gasteiger charge is -2.07. The first kappa shape index (κ1) is 15.5. The second-order valence-corrected chi connectivity index (χ2v) is 6.87. The van der Waals surface area contributed by atoms with E-state index in [1.54, 1.807) is 12.5 Å². The van der Waals surface area contributed by atoms with Crippen LogP contribution in [0.2, 0.25) is 0 Å². The second-order valence-electron chi connectivity index (χ2n) is 5.96. The maximum atomic E-state index is 12.3. The van der Waals surface area contributed by atoms with Gasteiger partial charge in [-0.15, -0.1) is 11.3 Å². The summed E-state index contributed by atoms with van der Waals surface area (Å²) in [6.45, 7) is 1.97. The Morgan fingerprint density at radius 2 is 2.04 bits per heavy atom. The van der Waals surface area contributed by atoms with Crippen LogP contribution in [-0.4, -0.2) is 20.4 Å². The van der Waals surface area contributed by atoms with Crippen molar-refractivity contribution in [1.29, 1.82) is 0 Å². The minimum absolute atomic E-state index is 0.132. The molecule has 1 N–H and O–H groups in total. The summed E-state index contributed by atoms with van der Waals surface area (Å²) in [5.74, 6) is 0.415. The third-order valence-electron chi connectivity index (χ3n) is 4.03. The van der Waals surface area contributed by atoms with Gasteiger partial charge in [-0.25, -0.2) is 9.97 Å². The summed E-state index contributed by atoms with van der Waals surface area (Å²) in [4.78, 5) is 21.5. The zero-order chi connectivity index (χ0) is 17.4. The summed E-state index contributed by atoms with van der Waals surface area (Å²) in [7, 11) is 1.97. The molecule has 0 aliphatic rings. The molecule has 0 unspecified atom stereocenters. The number of hydrogen-bond donors (Lipinski definition) is 1. The molecular weight excluding hydrogens is 332 g/mol. The highest BCUT2D eigenvalue weighted by atomic mass is 32.1. The maximum absolute atomic E-state index is 12.3. The molecule has 0 spiro atoms. The molecule has 0 atom stereocenters. The van der Waals surface area contributed by atoms with E-state index >= 15 is 0 Å². The Balaban J connectivity index is 1.67. The van der Waals surface area contributed by atoms with E-state index in [9.17, 15) is 4.79 Å². The van der Waals surface area contributed by atoms with Crippen LogP contribution in [0.3, 0.4) is 0 Å². The summed E-state index contributed by atoms with van der Waals surface area (Å²) in [6.07, 6.45) is 5.39. The van der Waals surface area contributed by atoms with Gasteiger partial charge in [0.25, 0.3) is 5.91 Å². The number of hydrogen-bond acceptors (Lipinski definition) is 4. The van der Waals surface area contributed by atoms with Crippen molar-refractivity contribution in [3.05, 3.63) is 64.9 Å². The number of nitrogens with zero attached hydrogens (tertiary/aromatic N) is 3. The zero-order valence-corrected chi connectivity index (χ0v) is 14.7. The van der Waals surface area contributed by atoms with E-state index in [1.807, 2.05) is 54.4 Å². The van der Waals surface area contributed by atoms with Gasteiger partial charge in [-0.3, -0.25) is 4.79 Å². The number of rotatable bonds is 3. The van der Waals surface area contributed by atoms with Gasteiger partial charge >= 0.3 is 0 Å².